The van der Waals surface area contributed by atoms with E-state index in [1.54, 1.807) is 0 Å². The summed E-state index contributed by atoms with van der Waals surface area (Å²) < 4.78 is 5.58. The number of ether oxygens (including phenoxy) is 1. The molecule has 1 saturated heterocycles. The lowest BCUT2D eigenvalue weighted by atomic mass is 9.80. The van der Waals surface area contributed by atoms with Crippen molar-refractivity contribution in [3.8, 4) is 0 Å². The molecule has 1 aromatic carbocycles. The summed E-state index contributed by atoms with van der Waals surface area (Å²) in [5, 5.41) is 3.52. The summed E-state index contributed by atoms with van der Waals surface area (Å²) in [7, 11) is 0. The van der Waals surface area contributed by atoms with Crippen LogP contribution < -0.4 is 5.32 Å². The van der Waals surface area contributed by atoms with Crippen LogP contribution >= 0.6 is 11.6 Å². The molecule has 1 aliphatic carbocycles. The Bertz CT molecular complexity index is 745. The number of alkyl carbamates (subject to hydrolysis) is 1. The Balaban J connectivity index is 1.66. The van der Waals surface area contributed by atoms with Crippen LogP contribution in [0.15, 0.2) is 24.3 Å². The number of nitrogens with one attached hydrogen (secondary N) is 1. The summed E-state index contributed by atoms with van der Waals surface area (Å²) in [5.41, 5.74) is 0.712. The zero-order valence-corrected chi connectivity index (χ0v) is 19.9. The summed E-state index contributed by atoms with van der Waals surface area (Å²) in [6.07, 6.45) is 7.90. The molecule has 1 atom stereocenters. The van der Waals surface area contributed by atoms with Gasteiger partial charge in [0.25, 0.3) is 0 Å². The number of benzene rings is 1. The van der Waals surface area contributed by atoms with Gasteiger partial charge in [0.15, 0.2) is 0 Å². The number of nitrogens with zero attached hydrogens (tertiary/aromatic N) is 1. The highest BCUT2D eigenvalue weighted by atomic mass is 35.5. The highest BCUT2D eigenvalue weighted by Crippen LogP contribution is 2.38. The minimum Gasteiger partial charge on any atom is -0.446 e. The third-order valence-corrected chi connectivity index (χ3v) is 6.58. The summed E-state index contributed by atoms with van der Waals surface area (Å²) in [6.45, 7) is 7.03. The molecule has 0 aromatic heterocycles. The first-order chi connectivity index (χ1) is 14.7. The molecule has 1 N–H and O–H groups in total. The summed E-state index contributed by atoms with van der Waals surface area (Å²) in [6, 6.07) is 7.82. The normalized spacial score (nSPS) is 20.1. The fraction of sp³-hybridized carbons (Fsp3) is 0.680. The van der Waals surface area contributed by atoms with E-state index in [4.69, 9.17) is 16.3 Å². The quantitative estimate of drug-likeness (QED) is 0.582. The Morgan fingerprint density at radius 3 is 2.29 bits per heavy atom. The van der Waals surface area contributed by atoms with Crippen LogP contribution in [0.4, 0.5) is 4.79 Å². The number of carbonyl (C=O) groups is 2. The Kier molecular flexibility index (Phi) is 8.26. The molecule has 2 fully saturated rings. The summed E-state index contributed by atoms with van der Waals surface area (Å²) >= 11 is 6.28. The third kappa shape index (κ3) is 7.13. The van der Waals surface area contributed by atoms with Crippen molar-refractivity contribution >= 4 is 23.6 Å². The molecule has 0 spiro atoms. The molecule has 2 aliphatic rings. The van der Waals surface area contributed by atoms with Gasteiger partial charge in [0, 0.05) is 36.5 Å². The summed E-state index contributed by atoms with van der Waals surface area (Å²) in [4.78, 5) is 27.8. The van der Waals surface area contributed by atoms with Gasteiger partial charge in [-0.1, -0.05) is 49.4 Å². The van der Waals surface area contributed by atoms with E-state index in [1.165, 1.54) is 25.7 Å². The molecule has 3 rings (SSSR count). The number of halogens is 1. The molecule has 0 bridgehead atoms. The Hall–Kier alpha value is -1.75. The number of carbonyl (C=O) groups excluding carboxylic acids is 2. The van der Waals surface area contributed by atoms with Gasteiger partial charge in [-0.25, -0.2) is 4.79 Å². The smallest absolute Gasteiger partial charge is 0.407 e. The van der Waals surface area contributed by atoms with E-state index in [0.717, 1.165) is 18.4 Å². The van der Waals surface area contributed by atoms with Crippen molar-refractivity contribution in [1.82, 2.24) is 10.2 Å². The SMILES string of the molecule is CC(C)(C)NC(=O)OC1CCN(C(=O)C(c2cccc(Cl)c2)C2CCCCCC2)CC1. The molecule has 1 aliphatic heterocycles. The zero-order chi connectivity index (χ0) is 22.4. The van der Waals surface area contributed by atoms with E-state index in [1.807, 2.05) is 49.9 Å². The van der Waals surface area contributed by atoms with Gasteiger partial charge >= 0.3 is 6.09 Å². The largest absolute Gasteiger partial charge is 0.446 e. The Morgan fingerprint density at radius 1 is 1.06 bits per heavy atom. The number of likely N-dealkylation sites (tertiary alicyclic amines) is 1. The summed E-state index contributed by atoms with van der Waals surface area (Å²) in [5.74, 6) is 0.422. The van der Waals surface area contributed by atoms with Gasteiger partial charge < -0.3 is 15.0 Å². The minimum atomic E-state index is -0.382. The van der Waals surface area contributed by atoms with Gasteiger partial charge in [-0.05, 0) is 57.2 Å². The van der Waals surface area contributed by atoms with Crippen molar-refractivity contribution in [3.05, 3.63) is 34.9 Å². The molecule has 2 amide bonds. The highest BCUT2D eigenvalue weighted by Gasteiger charge is 2.35. The van der Waals surface area contributed by atoms with Crippen LogP contribution in [0.3, 0.4) is 0 Å². The first-order valence-electron chi connectivity index (χ1n) is 11.8. The van der Waals surface area contributed by atoms with Crippen molar-refractivity contribution in [2.75, 3.05) is 13.1 Å². The Morgan fingerprint density at radius 2 is 1.71 bits per heavy atom. The topological polar surface area (TPSA) is 58.6 Å². The first kappa shape index (κ1) is 23.9. The van der Waals surface area contributed by atoms with Gasteiger partial charge in [-0.15, -0.1) is 0 Å². The van der Waals surface area contributed by atoms with Crippen molar-refractivity contribution in [3.63, 3.8) is 0 Å². The number of piperidine rings is 1. The van der Waals surface area contributed by atoms with Gasteiger partial charge in [0.1, 0.15) is 6.10 Å². The molecule has 5 nitrogen and oxygen atoms in total. The van der Waals surface area contributed by atoms with E-state index in [9.17, 15) is 9.59 Å². The minimum absolute atomic E-state index is 0.140. The second kappa shape index (κ2) is 10.7. The van der Waals surface area contributed by atoms with E-state index >= 15 is 0 Å². The lowest BCUT2D eigenvalue weighted by Crippen LogP contribution is -2.47. The van der Waals surface area contributed by atoms with Gasteiger partial charge in [-0.2, -0.15) is 0 Å². The van der Waals surface area contributed by atoms with E-state index < -0.39 is 0 Å². The second-order valence-electron chi connectivity index (χ2n) is 10.1. The van der Waals surface area contributed by atoms with Crippen LogP contribution in [0.2, 0.25) is 5.02 Å². The number of hydrogen-bond acceptors (Lipinski definition) is 3. The molecular weight excluding hydrogens is 412 g/mol. The maximum Gasteiger partial charge on any atom is 0.407 e. The highest BCUT2D eigenvalue weighted by molar-refractivity contribution is 6.30. The van der Waals surface area contributed by atoms with Crippen molar-refractivity contribution in [1.29, 1.82) is 0 Å². The molecule has 1 unspecified atom stereocenters. The predicted octanol–water partition coefficient (Wildman–Crippen LogP) is 5.91. The van der Waals surface area contributed by atoms with Gasteiger partial charge in [-0.3, -0.25) is 4.79 Å². The fourth-order valence-corrected chi connectivity index (χ4v) is 5.04. The van der Waals surface area contributed by atoms with Crippen LogP contribution in [-0.2, 0) is 9.53 Å². The maximum absolute atomic E-state index is 13.7. The molecule has 1 aromatic rings. The fourth-order valence-electron chi connectivity index (χ4n) is 4.84. The second-order valence-corrected chi connectivity index (χ2v) is 10.5. The molecule has 6 heteroatoms. The van der Waals surface area contributed by atoms with Crippen LogP contribution in [0.25, 0.3) is 0 Å². The molecular formula is C25H37ClN2O3. The average molecular weight is 449 g/mol. The number of rotatable bonds is 4. The molecule has 31 heavy (non-hydrogen) atoms. The lowest BCUT2D eigenvalue weighted by Gasteiger charge is -2.36. The lowest BCUT2D eigenvalue weighted by molar-refractivity contribution is -0.136. The van der Waals surface area contributed by atoms with Crippen molar-refractivity contribution in [2.24, 2.45) is 5.92 Å². The van der Waals surface area contributed by atoms with E-state index in [2.05, 4.69) is 5.32 Å². The maximum atomic E-state index is 13.7. The van der Waals surface area contributed by atoms with E-state index in [0.29, 0.717) is 36.9 Å². The Labute approximate surface area is 191 Å². The molecule has 172 valence electrons. The van der Waals surface area contributed by atoms with Crippen LogP contribution in [0.5, 0.6) is 0 Å². The molecule has 1 heterocycles. The van der Waals surface area contributed by atoms with Crippen molar-refractivity contribution < 1.29 is 14.3 Å². The zero-order valence-electron chi connectivity index (χ0n) is 19.2. The van der Waals surface area contributed by atoms with E-state index in [-0.39, 0.29) is 29.6 Å². The van der Waals surface area contributed by atoms with Crippen LogP contribution in [0.1, 0.15) is 83.6 Å². The number of hydrogen-bond donors (Lipinski definition) is 1. The van der Waals surface area contributed by atoms with Crippen molar-refractivity contribution in [2.45, 2.75) is 89.7 Å². The number of amides is 2. The third-order valence-electron chi connectivity index (χ3n) is 6.35. The predicted molar refractivity (Wildman–Crippen MR) is 124 cm³/mol. The van der Waals surface area contributed by atoms with Crippen LogP contribution in [-0.4, -0.2) is 41.6 Å². The molecule has 0 radical (unpaired) electrons. The van der Waals surface area contributed by atoms with Crippen LogP contribution in [0, 0.1) is 5.92 Å². The molecule has 1 saturated carbocycles. The monoisotopic (exact) mass is 448 g/mol. The van der Waals surface area contributed by atoms with Gasteiger partial charge in [0.05, 0.1) is 5.92 Å². The average Bonchev–Trinajstić information content (AvgIpc) is 2.96. The van der Waals surface area contributed by atoms with Gasteiger partial charge in [0.2, 0.25) is 5.91 Å². The first-order valence-corrected chi connectivity index (χ1v) is 12.1. The standard InChI is InChI=1S/C25H37ClN2O3/c1-25(2,3)27-24(30)31-21-13-15-28(16-14-21)23(29)22(18-9-6-4-5-7-10-18)19-11-8-12-20(26)17-19/h8,11-12,17-18,21-22H,4-7,9-10,13-16H2,1-3H3,(H,27,30).